The largest absolute Gasteiger partial charge is 0.505 e. The Labute approximate surface area is 151 Å². The monoisotopic (exact) mass is 357 g/mol. The van der Waals surface area contributed by atoms with Gasteiger partial charge in [0.2, 0.25) is 0 Å². The van der Waals surface area contributed by atoms with Crippen molar-refractivity contribution in [2.24, 2.45) is 0 Å². The number of carbonyl (C=O) groups is 3. The van der Waals surface area contributed by atoms with E-state index in [1.54, 1.807) is 6.07 Å². The van der Waals surface area contributed by atoms with E-state index < -0.39 is 17.3 Å². The van der Waals surface area contributed by atoms with E-state index in [1.165, 1.54) is 0 Å². The van der Waals surface area contributed by atoms with Crippen LogP contribution in [0.15, 0.2) is 17.7 Å². The van der Waals surface area contributed by atoms with Crippen LogP contribution in [0.4, 0.5) is 0 Å². The lowest BCUT2D eigenvalue weighted by Gasteiger charge is -2.43. The van der Waals surface area contributed by atoms with Gasteiger partial charge >= 0.3 is 5.97 Å². The van der Waals surface area contributed by atoms with Crippen LogP contribution in [0.1, 0.15) is 75.1 Å². The first-order chi connectivity index (χ1) is 12.5. The number of aliphatic hydroxyl groups excluding tert-OH is 1. The third-order valence-corrected chi connectivity index (χ3v) is 5.99. The summed E-state index contributed by atoms with van der Waals surface area (Å²) in [5.74, 6) is -1.84. The molecular formula is C20H23NO5. The van der Waals surface area contributed by atoms with Crippen molar-refractivity contribution in [1.82, 2.24) is 4.57 Å². The molecule has 0 radical (unpaired) electrons. The smallest absolute Gasteiger partial charge is 0.303 e. The molecule has 2 saturated carbocycles. The van der Waals surface area contributed by atoms with Crippen molar-refractivity contribution < 1.29 is 24.6 Å². The minimum absolute atomic E-state index is 0.193. The Bertz CT molecular complexity index is 821. The predicted molar refractivity (Wildman–Crippen MR) is 93.9 cm³/mol. The number of rotatable bonds is 5. The summed E-state index contributed by atoms with van der Waals surface area (Å²) in [4.78, 5) is 36.9. The van der Waals surface area contributed by atoms with Crippen LogP contribution in [-0.4, -0.2) is 32.3 Å². The Hall–Kier alpha value is -2.37. The van der Waals surface area contributed by atoms with Crippen molar-refractivity contribution in [1.29, 1.82) is 0 Å². The molecule has 2 N–H and O–H groups in total. The number of carboxylic acids is 1. The van der Waals surface area contributed by atoms with Gasteiger partial charge in [-0.15, -0.1) is 0 Å². The number of nitrogens with zero attached hydrogens (tertiary/aromatic N) is 1. The van der Waals surface area contributed by atoms with E-state index in [2.05, 4.69) is 0 Å². The van der Waals surface area contributed by atoms with E-state index in [0.717, 1.165) is 37.8 Å². The molecule has 4 rings (SSSR count). The van der Waals surface area contributed by atoms with Gasteiger partial charge in [0.1, 0.15) is 11.1 Å². The normalized spacial score (nSPS) is 21.8. The summed E-state index contributed by atoms with van der Waals surface area (Å²) in [6.07, 6.45) is 5.76. The highest BCUT2D eigenvalue weighted by molar-refractivity contribution is 6.27. The molecule has 2 fully saturated rings. The highest BCUT2D eigenvalue weighted by atomic mass is 16.4. The number of hydrogen-bond acceptors (Lipinski definition) is 4. The van der Waals surface area contributed by atoms with Gasteiger partial charge in [0.15, 0.2) is 17.3 Å². The zero-order valence-corrected chi connectivity index (χ0v) is 14.7. The van der Waals surface area contributed by atoms with Crippen molar-refractivity contribution in [2.45, 2.75) is 69.2 Å². The molecule has 6 nitrogen and oxygen atoms in total. The molecule has 2 heterocycles. The second-order valence-corrected chi connectivity index (χ2v) is 7.72. The van der Waals surface area contributed by atoms with Crippen LogP contribution in [0.2, 0.25) is 0 Å². The van der Waals surface area contributed by atoms with Gasteiger partial charge in [0.05, 0.1) is 12.1 Å². The molecule has 1 aromatic heterocycles. The molecule has 138 valence electrons. The van der Waals surface area contributed by atoms with Gasteiger partial charge in [-0.05, 0) is 43.7 Å². The number of allylic oxidation sites excluding steroid dienone is 1. The maximum atomic E-state index is 13.4. The SMILES string of the molecule is O=C(O)CCC(=O)C1=C(O)c2ccc(C3CC3)n2C2(CCCCC2)C1=O. The second kappa shape index (κ2) is 6.11. The maximum Gasteiger partial charge on any atom is 0.303 e. The van der Waals surface area contributed by atoms with Crippen LogP contribution in [0.5, 0.6) is 0 Å². The summed E-state index contributed by atoms with van der Waals surface area (Å²) < 4.78 is 2.01. The molecule has 6 heteroatoms. The predicted octanol–water partition coefficient (Wildman–Crippen LogP) is 3.31. The fraction of sp³-hybridized carbons (Fsp3) is 0.550. The second-order valence-electron chi connectivity index (χ2n) is 7.72. The first kappa shape index (κ1) is 17.1. The maximum absolute atomic E-state index is 13.4. The fourth-order valence-electron chi connectivity index (χ4n) is 4.57. The van der Waals surface area contributed by atoms with Gasteiger partial charge in [0.25, 0.3) is 0 Å². The van der Waals surface area contributed by atoms with E-state index in [4.69, 9.17) is 5.11 Å². The average Bonchev–Trinajstić information content (AvgIpc) is 3.37. The molecule has 1 aromatic rings. The van der Waals surface area contributed by atoms with Gasteiger partial charge < -0.3 is 14.8 Å². The van der Waals surface area contributed by atoms with Gasteiger partial charge in [-0.1, -0.05) is 19.3 Å². The quantitative estimate of drug-likeness (QED) is 0.788. The van der Waals surface area contributed by atoms with Crippen LogP contribution in [0, 0.1) is 0 Å². The summed E-state index contributed by atoms with van der Waals surface area (Å²) in [7, 11) is 0. The van der Waals surface area contributed by atoms with Crippen molar-refractivity contribution in [3.05, 3.63) is 29.1 Å². The lowest BCUT2D eigenvalue weighted by atomic mass is 9.72. The van der Waals surface area contributed by atoms with Crippen molar-refractivity contribution in [3.8, 4) is 0 Å². The average molecular weight is 357 g/mol. The molecule has 0 bridgehead atoms. The summed E-state index contributed by atoms with van der Waals surface area (Å²) in [6.45, 7) is 0. The number of aromatic nitrogens is 1. The van der Waals surface area contributed by atoms with E-state index in [0.29, 0.717) is 24.5 Å². The third-order valence-electron chi connectivity index (χ3n) is 5.99. The first-order valence-corrected chi connectivity index (χ1v) is 9.41. The summed E-state index contributed by atoms with van der Waals surface area (Å²) in [6, 6.07) is 3.77. The van der Waals surface area contributed by atoms with Gasteiger partial charge in [-0.2, -0.15) is 0 Å². The number of ketones is 2. The van der Waals surface area contributed by atoms with Crippen molar-refractivity contribution in [2.75, 3.05) is 0 Å². The number of fused-ring (bicyclic) bond motifs is 2. The lowest BCUT2D eigenvalue weighted by molar-refractivity contribution is -0.138. The standard InChI is InChI=1S/C20H23NO5/c22-15(8-9-16(23)24)17-18(25)14-7-6-13(12-4-5-12)21(14)20(19(17)26)10-2-1-3-11-20/h6-7,12,25H,1-5,8-11H2,(H,23,24). The topological polar surface area (TPSA) is 96.6 Å². The van der Waals surface area contributed by atoms with E-state index >= 15 is 0 Å². The zero-order valence-electron chi connectivity index (χ0n) is 14.7. The Morgan fingerprint density at radius 2 is 1.81 bits per heavy atom. The highest BCUT2D eigenvalue weighted by Crippen LogP contribution is 2.50. The van der Waals surface area contributed by atoms with Crippen LogP contribution in [0.25, 0.3) is 5.76 Å². The Balaban J connectivity index is 1.83. The molecule has 0 unspecified atom stereocenters. The van der Waals surface area contributed by atoms with Crippen molar-refractivity contribution in [3.63, 3.8) is 0 Å². The minimum atomic E-state index is -1.09. The molecule has 0 amide bonds. The Morgan fingerprint density at radius 3 is 2.42 bits per heavy atom. The molecule has 0 atom stereocenters. The van der Waals surface area contributed by atoms with E-state index in [1.807, 2.05) is 10.6 Å². The van der Waals surface area contributed by atoms with Gasteiger partial charge in [-0.25, -0.2) is 0 Å². The number of aliphatic hydroxyl groups is 1. The number of Topliss-reactive ketones (excluding diaryl/α,β-unsaturated/α-hetero) is 2. The van der Waals surface area contributed by atoms with Crippen LogP contribution >= 0.6 is 0 Å². The summed E-state index contributed by atoms with van der Waals surface area (Å²) >= 11 is 0. The van der Waals surface area contributed by atoms with Crippen LogP contribution in [0.3, 0.4) is 0 Å². The zero-order chi connectivity index (χ0) is 18.5. The van der Waals surface area contributed by atoms with E-state index in [9.17, 15) is 19.5 Å². The number of carboxylic acid groups (broad SMARTS) is 1. The minimum Gasteiger partial charge on any atom is -0.505 e. The van der Waals surface area contributed by atoms with Crippen LogP contribution in [-0.2, 0) is 19.9 Å². The van der Waals surface area contributed by atoms with E-state index in [-0.39, 0.29) is 30.0 Å². The number of carbonyl (C=O) groups excluding carboxylic acids is 2. The fourth-order valence-corrected chi connectivity index (χ4v) is 4.57. The van der Waals surface area contributed by atoms with Gasteiger partial charge in [-0.3, -0.25) is 14.4 Å². The molecule has 1 spiro atoms. The Morgan fingerprint density at radius 1 is 1.12 bits per heavy atom. The molecule has 26 heavy (non-hydrogen) atoms. The molecular weight excluding hydrogens is 334 g/mol. The lowest BCUT2D eigenvalue weighted by Crippen LogP contribution is -2.49. The van der Waals surface area contributed by atoms with Crippen molar-refractivity contribution >= 4 is 23.3 Å². The molecule has 0 saturated heterocycles. The highest BCUT2D eigenvalue weighted by Gasteiger charge is 2.51. The first-order valence-electron chi connectivity index (χ1n) is 9.41. The molecule has 1 aliphatic heterocycles. The molecule has 2 aliphatic carbocycles. The number of hydrogen-bond donors (Lipinski definition) is 2. The molecule has 3 aliphatic rings. The third kappa shape index (κ3) is 2.50. The summed E-state index contributed by atoms with van der Waals surface area (Å²) in [5, 5.41) is 19.6. The van der Waals surface area contributed by atoms with Crippen LogP contribution < -0.4 is 0 Å². The summed E-state index contributed by atoms with van der Waals surface area (Å²) in [5.41, 5.74) is 0.627. The molecule has 0 aromatic carbocycles. The number of aliphatic carboxylic acids is 1. The van der Waals surface area contributed by atoms with Gasteiger partial charge in [0, 0.05) is 12.1 Å². The Kier molecular flexibility index (Phi) is 4.01.